The smallest absolute Gasteiger partial charge is 0.309 e. The maximum absolute atomic E-state index is 10.5. The summed E-state index contributed by atoms with van der Waals surface area (Å²) < 4.78 is 5.18. The van der Waals surface area contributed by atoms with Gasteiger partial charge in [0.2, 0.25) is 0 Å². The molecule has 2 aromatic rings. The van der Waals surface area contributed by atoms with Crippen molar-refractivity contribution in [1.82, 2.24) is 4.98 Å². The summed E-state index contributed by atoms with van der Waals surface area (Å²) in [6.45, 7) is 0. The number of hydrogen-bond donors (Lipinski definition) is 1. The summed E-state index contributed by atoms with van der Waals surface area (Å²) >= 11 is 1.38. The minimum atomic E-state index is -0.885. The van der Waals surface area contributed by atoms with Crippen LogP contribution in [0, 0.1) is 0 Å². The molecule has 0 aliphatic heterocycles. The lowest BCUT2D eigenvalue weighted by Crippen LogP contribution is -2.01. The summed E-state index contributed by atoms with van der Waals surface area (Å²) in [6, 6.07) is 3.55. The second kappa shape index (κ2) is 3.63. The minimum absolute atomic E-state index is 0.0699. The normalized spacial score (nSPS) is 10.3. The third-order valence-electron chi connectivity index (χ3n) is 1.70. The quantitative estimate of drug-likeness (QED) is 0.840. The van der Waals surface area contributed by atoms with Crippen molar-refractivity contribution in [3.63, 3.8) is 0 Å². The highest BCUT2D eigenvalue weighted by Crippen LogP contribution is 2.28. The lowest BCUT2D eigenvalue weighted by atomic mass is 10.2. The Morgan fingerprint density at radius 1 is 1.64 bits per heavy atom. The molecule has 1 N–H and O–H groups in total. The molecular weight excluding hydrogens is 202 g/mol. The van der Waals surface area contributed by atoms with Crippen LogP contribution in [0.5, 0.6) is 0 Å². The summed E-state index contributed by atoms with van der Waals surface area (Å²) in [5, 5.41) is 8.64. The maximum atomic E-state index is 10.5. The molecule has 2 aromatic heterocycles. The van der Waals surface area contributed by atoms with E-state index in [-0.39, 0.29) is 6.42 Å². The average molecular weight is 209 g/mol. The zero-order chi connectivity index (χ0) is 9.97. The third kappa shape index (κ3) is 1.67. The molecule has 0 bridgehead atoms. The fourth-order valence-electron chi connectivity index (χ4n) is 1.15. The van der Waals surface area contributed by atoms with Crippen molar-refractivity contribution in [1.29, 1.82) is 0 Å². The summed E-state index contributed by atoms with van der Waals surface area (Å²) in [5.41, 5.74) is 2.17. The van der Waals surface area contributed by atoms with E-state index in [9.17, 15) is 4.79 Å². The van der Waals surface area contributed by atoms with E-state index in [1.165, 1.54) is 11.3 Å². The number of carboxylic acids is 1. The SMILES string of the molecule is O=C(O)Cc1ncsc1-c1ccco1. The van der Waals surface area contributed by atoms with Crippen LogP contribution in [0.1, 0.15) is 5.69 Å². The minimum Gasteiger partial charge on any atom is -0.481 e. The zero-order valence-corrected chi connectivity index (χ0v) is 7.95. The Kier molecular flexibility index (Phi) is 2.32. The molecule has 0 aliphatic rings. The summed E-state index contributed by atoms with van der Waals surface area (Å²) in [6.07, 6.45) is 1.49. The highest BCUT2D eigenvalue weighted by Gasteiger charge is 2.13. The Labute approximate surface area is 83.8 Å². The predicted molar refractivity (Wildman–Crippen MR) is 51.2 cm³/mol. The highest BCUT2D eigenvalue weighted by atomic mass is 32.1. The van der Waals surface area contributed by atoms with Crippen LogP contribution >= 0.6 is 11.3 Å². The van der Waals surface area contributed by atoms with E-state index in [4.69, 9.17) is 9.52 Å². The number of rotatable bonds is 3. The summed E-state index contributed by atoms with van der Waals surface area (Å²) in [7, 11) is 0. The van der Waals surface area contributed by atoms with Gasteiger partial charge in [-0.2, -0.15) is 0 Å². The molecule has 5 heteroatoms. The average Bonchev–Trinajstić information content (AvgIpc) is 2.70. The molecule has 0 saturated heterocycles. The molecule has 0 atom stereocenters. The van der Waals surface area contributed by atoms with Crippen molar-refractivity contribution in [2.75, 3.05) is 0 Å². The van der Waals surface area contributed by atoms with Crippen LogP contribution in [-0.4, -0.2) is 16.1 Å². The Hall–Kier alpha value is -1.62. The third-order valence-corrected chi connectivity index (χ3v) is 2.59. The van der Waals surface area contributed by atoms with Gasteiger partial charge < -0.3 is 9.52 Å². The van der Waals surface area contributed by atoms with E-state index in [1.807, 2.05) is 0 Å². The van der Waals surface area contributed by atoms with E-state index in [2.05, 4.69) is 4.98 Å². The molecule has 72 valence electrons. The molecule has 2 heterocycles. The van der Waals surface area contributed by atoms with E-state index >= 15 is 0 Å². The van der Waals surface area contributed by atoms with Crippen molar-refractivity contribution in [3.8, 4) is 10.6 Å². The van der Waals surface area contributed by atoms with Gasteiger partial charge in [0, 0.05) is 0 Å². The molecule has 0 saturated carbocycles. The van der Waals surface area contributed by atoms with Crippen LogP contribution in [-0.2, 0) is 11.2 Å². The molecule has 4 nitrogen and oxygen atoms in total. The van der Waals surface area contributed by atoms with Crippen molar-refractivity contribution in [2.24, 2.45) is 0 Å². The fraction of sp³-hybridized carbons (Fsp3) is 0.111. The van der Waals surface area contributed by atoms with Crippen molar-refractivity contribution >= 4 is 17.3 Å². The molecule has 0 radical (unpaired) electrons. The van der Waals surface area contributed by atoms with Crippen molar-refractivity contribution in [3.05, 3.63) is 29.6 Å². The Morgan fingerprint density at radius 3 is 3.14 bits per heavy atom. The van der Waals surface area contributed by atoms with Crippen LogP contribution in [0.15, 0.2) is 28.3 Å². The van der Waals surface area contributed by atoms with Gasteiger partial charge in [-0.15, -0.1) is 11.3 Å². The monoisotopic (exact) mass is 209 g/mol. The van der Waals surface area contributed by atoms with Gasteiger partial charge in [0.05, 0.1) is 28.8 Å². The van der Waals surface area contributed by atoms with Gasteiger partial charge >= 0.3 is 5.97 Å². The number of thiazole rings is 1. The number of carboxylic acid groups (broad SMARTS) is 1. The van der Waals surface area contributed by atoms with E-state index in [1.54, 1.807) is 23.9 Å². The van der Waals surface area contributed by atoms with Gasteiger partial charge in [-0.3, -0.25) is 4.79 Å². The second-order valence-corrected chi connectivity index (χ2v) is 3.53. The molecular formula is C9H7NO3S. The standard InChI is InChI=1S/C9H7NO3S/c11-8(12)4-6-9(14-5-10-6)7-2-1-3-13-7/h1-3,5H,4H2,(H,11,12). The molecule has 14 heavy (non-hydrogen) atoms. The van der Waals surface area contributed by atoms with Gasteiger partial charge in [0.1, 0.15) is 5.76 Å². The van der Waals surface area contributed by atoms with Gasteiger partial charge in [-0.25, -0.2) is 4.98 Å². The Morgan fingerprint density at radius 2 is 2.50 bits per heavy atom. The van der Waals surface area contributed by atoms with Crippen LogP contribution in [0.3, 0.4) is 0 Å². The number of hydrogen-bond acceptors (Lipinski definition) is 4. The maximum Gasteiger partial charge on any atom is 0.309 e. The molecule has 0 fully saturated rings. The first kappa shape index (κ1) is 8.96. The number of nitrogens with zero attached hydrogens (tertiary/aromatic N) is 1. The molecule has 0 unspecified atom stereocenters. The fourth-order valence-corrected chi connectivity index (χ4v) is 1.93. The molecule has 0 amide bonds. The molecule has 0 spiro atoms. The van der Waals surface area contributed by atoms with Gasteiger partial charge in [0.15, 0.2) is 0 Å². The molecule has 0 aliphatic carbocycles. The van der Waals surface area contributed by atoms with Crippen LogP contribution in [0.25, 0.3) is 10.6 Å². The summed E-state index contributed by atoms with van der Waals surface area (Å²) in [5.74, 6) is -0.215. The van der Waals surface area contributed by atoms with E-state index in [0.29, 0.717) is 11.5 Å². The predicted octanol–water partition coefficient (Wildman–Crippen LogP) is 2.03. The van der Waals surface area contributed by atoms with Crippen LogP contribution in [0.4, 0.5) is 0 Å². The first-order valence-corrected chi connectivity index (χ1v) is 4.83. The van der Waals surface area contributed by atoms with Gasteiger partial charge in [0.25, 0.3) is 0 Å². The largest absolute Gasteiger partial charge is 0.481 e. The number of aromatic nitrogens is 1. The second-order valence-electron chi connectivity index (χ2n) is 2.68. The van der Waals surface area contributed by atoms with Gasteiger partial charge in [-0.1, -0.05) is 0 Å². The molecule has 2 rings (SSSR count). The van der Waals surface area contributed by atoms with Crippen LogP contribution in [0.2, 0.25) is 0 Å². The van der Waals surface area contributed by atoms with Crippen molar-refractivity contribution in [2.45, 2.75) is 6.42 Å². The first-order valence-electron chi connectivity index (χ1n) is 3.95. The van der Waals surface area contributed by atoms with Crippen LogP contribution < -0.4 is 0 Å². The number of furan rings is 1. The number of aliphatic carboxylic acids is 1. The zero-order valence-electron chi connectivity index (χ0n) is 7.14. The van der Waals surface area contributed by atoms with E-state index < -0.39 is 5.97 Å². The highest BCUT2D eigenvalue weighted by molar-refractivity contribution is 7.13. The molecule has 0 aromatic carbocycles. The van der Waals surface area contributed by atoms with Crippen molar-refractivity contribution < 1.29 is 14.3 Å². The number of carbonyl (C=O) groups is 1. The van der Waals surface area contributed by atoms with E-state index in [0.717, 1.165) is 4.88 Å². The summed E-state index contributed by atoms with van der Waals surface area (Å²) in [4.78, 5) is 15.3. The Bertz CT molecular complexity index is 433. The lowest BCUT2D eigenvalue weighted by Gasteiger charge is -1.94. The van der Waals surface area contributed by atoms with Gasteiger partial charge in [-0.05, 0) is 12.1 Å². The first-order chi connectivity index (χ1) is 6.77. The Balaban J connectivity index is 2.35. The topological polar surface area (TPSA) is 63.3 Å². The lowest BCUT2D eigenvalue weighted by molar-refractivity contribution is -0.136.